The molecule has 4 heterocycles. The van der Waals surface area contributed by atoms with Crippen molar-refractivity contribution in [1.82, 2.24) is 24.6 Å². The lowest BCUT2D eigenvalue weighted by Crippen LogP contribution is -2.40. The molecule has 3 aromatic heterocycles. The first-order valence-corrected chi connectivity index (χ1v) is 12.0. The van der Waals surface area contributed by atoms with E-state index in [9.17, 15) is 9.35 Å². The molecule has 0 spiro atoms. The van der Waals surface area contributed by atoms with Gasteiger partial charge in [-0.05, 0) is 41.4 Å². The monoisotopic (exact) mass is 439 g/mol. The number of pyridine rings is 2. The molecule has 1 N–H and O–H groups in total. The Kier molecular flexibility index (Phi) is 6.89. The molecule has 1 fully saturated rings. The predicted molar refractivity (Wildman–Crippen MR) is 121 cm³/mol. The second kappa shape index (κ2) is 9.80. The van der Waals surface area contributed by atoms with Gasteiger partial charge in [0.15, 0.2) is 4.90 Å². The number of fused-ring (bicyclic) bond motifs is 1. The quantitative estimate of drug-likeness (QED) is 0.572. The summed E-state index contributed by atoms with van der Waals surface area (Å²) in [5.74, 6) is 0.492. The van der Waals surface area contributed by atoms with Crippen LogP contribution in [0.25, 0.3) is 5.65 Å². The molecule has 1 aliphatic rings. The van der Waals surface area contributed by atoms with E-state index in [1.165, 1.54) is 0 Å². The van der Waals surface area contributed by atoms with E-state index in [-0.39, 0.29) is 11.2 Å². The minimum Gasteiger partial charge on any atom is -0.611 e. The van der Waals surface area contributed by atoms with Crippen LogP contribution in [-0.2, 0) is 17.7 Å². The molecule has 0 aliphatic carbocycles. The average molecular weight is 440 g/mol. The van der Waals surface area contributed by atoms with Gasteiger partial charge in [-0.25, -0.2) is 4.98 Å². The number of hydrogen-bond donors (Lipinski definition) is 1. The van der Waals surface area contributed by atoms with E-state index in [2.05, 4.69) is 34.0 Å². The molecule has 1 unspecified atom stereocenters. The van der Waals surface area contributed by atoms with E-state index in [0.717, 1.165) is 48.7 Å². The smallest absolute Gasteiger partial charge is 0.253 e. The molecule has 1 saturated heterocycles. The average Bonchev–Trinajstić information content (AvgIpc) is 3.25. The van der Waals surface area contributed by atoms with Gasteiger partial charge < -0.3 is 19.2 Å². The number of nitrogens with one attached hydrogen (secondary N) is 1. The number of hydrogen-bond acceptors (Lipinski definition) is 5. The molecular weight excluding hydrogens is 410 g/mol. The summed E-state index contributed by atoms with van der Waals surface area (Å²) < 4.78 is 14.8. The van der Waals surface area contributed by atoms with Crippen LogP contribution < -0.4 is 5.32 Å². The number of imidazole rings is 1. The highest BCUT2D eigenvalue weighted by atomic mass is 32.2. The highest BCUT2D eigenvalue weighted by molar-refractivity contribution is 7.92. The molecule has 7 nitrogen and oxygen atoms in total. The molecule has 0 bridgehead atoms. The van der Waals surface area contributed by atoms with Crippen molar-refractivity contribution >= 4 is 22.7 Å². The van der Waals surface area contributed by atoms with Crippen LogP contribution in [0, 0.1) is 5.92 Å². The van der Waals surface area contributed by atoms with E-state index in [4.69, 9.17) is 0 Å². The number of likely N-dealkylation sites (tertiary alicyclic amines) is 1. The fourth-order valence-corrected chi connectivity index (χ4v) is 5.36. The molecule has 8 heteroatoms. The van der Waals surface area contributed by atoms with Crippen LogP contribution >= 0.6 is 0 Å². The molecule has 0 saturated carbocycles. The Labute approximate surface area is 186 Å². The topological polar surface area (TPSA) is 85.6 Å². The summed E-state index contributed by atoms with van der Waals surface area (Å²) in [4.78, 5) is 24.3. The molecule has 0 aromatic carbocycles. The largest absolute Gasteiger partial charge is 0.611 e. The van der Waals surface area contributed by atoms with Crippen molar-refractivity contribution in [3.63, 3.8) is 0 Å². The van der Waals surface area contributed by atoms with E-state index < -0.39 is 11.2 Å². The van der Waals surface area contributed by atoms with Crippen molar-refractivity contribution in [2.45, 2.75) is 43.4 Å². The van der Waals surface area contributed by atoms with E-state index in [1.807, 2.05) is 22.6 Å². The van der Waals surface area contributed by atoms with Crippen molar-refractivity contribution in [3.05, 3.63) is 60.3 Å². The predicted octanol–water partition coefficient (Wildman–Crippen LogP) is 2.89. The summed E-state index contributed by atoms with van der Waals surface area (Å²) >= 11 is -1.04. The number of amides is 1. The Morgan fingerprint density at radius 2 is 2.03 bits per heavy atom. The standard InChI is InChI=1S/C23H29N5O2S/c1-17(2)15-27-10-7-20(8-11-27)31(30)21-5-4-19(25-14-21)13-26-23(29)18-3-6-22-24-9-12-28(22)16-18/h3-6,9,12,14,16-17,20H,7-8,10-11,13,15H2,1-2H3,(H,26,29). The summed E-state index contributed by atoms with van der Waals surface area (Å²) in [6.45, 7) is 7.92. The molecule has 1 aliphatic heterocycles. The summed E-state index contributed by atoms with van der Waals surface area (Å²) in [6, 6.07) is 7.29. The molecular formula is C23H29N5O2S. The number of rotatable bonds is 7. The highest BCUT2D eigenvalue weighted by Crippen LogP contribution is 2.24. The third-order valence-electron chi connectivity index (χ3n) is 5.57. The summed E-state index contributed by atoms with van der Waals surface area (Å²) in [5.41, 5.74) is 2.10. The first-order chi connectivity index (χ1) is 15.0. The van der Waals surface area contributed by atoms with Gasteiger partial charge in [0.1, 0.15) is 10.9 Å². The second-order valence-corrected chi connectivity index (χ2v) is 10.2. The zero-order chi connectivity index (χ0) is 21.8. The van der Waals surface area contributed by atoms with Crippen LogP contribution in [0.5, 0.6) is 0 Å². The minimum atomic E-state index is -1.04. The molecule has 164 valence electrons. The van der Waals surface area contributed by atoms with Crippen LogP contribution in [0.15, 0.2) is 53.9 Å². The first kappa shape index (κ1) is 21.8. The highest BCUT2D eigenvalue weighted by Gasteiger charge is 2.30. The van der Waals surface area contributed by atoms with Gasteiger partial charge in [0.05, 0.1) is 24.0 Å². The summed E-state index contributed by atoms with van der Waals surface area (Å²) in [7, 11) is 0. The van der Waals surface area contributed by atoms with E-state index in [1.54, 1.807) is 30.9 Å². The maximum atomic E-state index is 13.0. The first-order valence-electron chi connectivity index (χ1n) is 10.8. The lowest BCUT2D eigenvalue weighted by molar-refractivity contribution is 0.0950. The molecule has 31 heavy (non-hydrogen) atoms. The maximum absolute atomic E-state index is 13.0. The van der Waals surface area contributed by atoms with Gasteiger partial charge in [-0.1, -0.05) is 13.8 Å². The fraction of sp³-hybridized carbons (Fsp3) is 0.435. The maximum Gasteiger partial charge on any atom is 0.253 e. The Morgan fingerprint density at radius 1 is 1.23 bits per heavy atom. The van der Waals surface area contributed by atoms with Gasteiger partial charge in [0, 0.05) is 51.1 Å². The fourth-order valence-electron chi connectivity index (χ4n) is 3.98. The van der Waals surface area contributed by atoms with E-state index >= 15 is 0 Å². The zero-order valence-corrected chi connectivity index (χ0v) is 18.8. The Morgan fingerprint density at radius 3 is 2.74 bits per heavy atom. The molecule has 4 rings (SSSR count). The van der Waals surface area contributed by atoms with Crippen molar-refractivity contribution in [3.8, 4) is 0 Å². The van der Waals surface area contributed by atoms with Crippen molar-refractivity contribution in [2.75, 3.05) is 19.6 Å². The van der Waals surface area contributed by atoms with Gasteiger partial charge in [0.2, 0.25) is 0 Å². The van der Waals surface area contributed by atoms with Crippen molar-refractivity contribution in [1.29, 1.82) is 0 Å². The molecule has 1 atom stereocenters. The molecule has 3 aromatic rings. The normalized spacial score (nSPS) is 16.6. The van der Waals surface area contributed by atoms with Crippen LogP contribution in [0.3, 0.4) is 0 Å². The summed E-state index contributed by atoms with van der Waals surface area (Å²) in [6.07, 6.45) is 8.86. The van der Waals surface area contributed by atoms with E-state index in [0.29, 0.717) is 18.0 Å². The summed E-state index contributed by atoms with van der Waals surface area (Å²) in [5, 5.41) is 3.08. The van der Waals surface area contributed by atoms with Gasteiger partial charge >= 0.3 is 0 Å². The van der Waals surface area contributed by atoms with Gasteiger partial charge in [0.25, 0.3) is 5.91 Å². The van der Waals surface area contributed by atoms with Gasteiger partial charge in [-0.2, -0.15) is 0 Å². The van der Waals surface area contributed by atoms with Crippen LogP contribution in [0.2, 0.25) is 0 Å². The number of nitrogens with zero attached hydrogens (tertiary/aromatic N) is 4. The van der Waals surface area contributed by atoms with Crippen molar-refractivity contribution in [2.24, 2.45) is 5.92 Å². The SMILES string of the molecule is CC(C)CN1CCC([S+]([O-])c2ccc(CNC(=O)c3ccc4nccn4c3)nc2)CC1. The number of carbonyl (C=O) groups is 1. The third kappa shape index (κ3) is 5.44. The third-order valence-corrected chi connectivity index (χ3v) is 7.35. The minimum absolute atomic E-state index is 0.168. The number of carbonyl (C=O) groups excluding carboxylic acids is 1. The lowest BCUT2D eigenvalue weighted by Gasteiger charge is -2.33. The van der Waals surface area contributed by atoms with Gasteiger partial charge in [-0.3, -0.25) is 9.78 Å². The number of aromatic nitrogens is 3. The Bertz CT molecular complexity index is 1010. The van der Waals surface area contributed by atoms with Crippen LogP contribution in [-0.4, -0.2) is 54.6 Å². The second-order valence-electron chi connectivity index (χ2n) is 8.47. The number of piperidine rings is 1. The Balaban J connectivity index is 1.29. The Hall–Kier alpha value is -2.42. The zero-order valence-electron chi connectivity index (χ0n) is 18.0. The van der Waals surface area contributed by atoms with Crippen molar-refractivity contribution < 1.29 is 9.35 Å². The molecule has 1 amide bonds. The van der Waals surface area contributed by atoms with Crippen LogP contribution in [0.4, 0.5) is 0 Å². The lowest BCUT2D eigenvalue weighted by atomic mass is 10.1. The van der Waals surface area contributed by atoms with Crippen LogP contribution in [0.1, 0.15) is 42.7 Å². The van der Waals surface area contributed by atoms with Gasteiger partial charge in [-0.15, -0.1) is 0 Å². The molecule has 0 radical (unpaired) electrons.